The van der Waals surface area contributed by atoms with E-state index in [0.29, 0.717) is 10.1 Å². The highest BCUT2D eigenvalue weighted by Gasteiger charge is 2.08. The zero-order valence-electron chi connectivity index (χ0n) is 8.58. The number of rotatable bonds is 3. The molecule has 0 aliphatic carbocycles. The van der Waals surface area contributed by atoms with Crippen molar-refractivity contribution in [2.45, 2.75) is 10.9 Å². The summed E-state index contributed by atoms with van der Waals surface area (Å²) in [5.41, 5.74) is 1.90. The van der Waals surface area contributed by atoms with Crippen molar-refractivity contribution in [3.63, 3.8) is 0 Å². The average Bonchev–Trinajstić information content (AvgIpc) is 2.93. The summed E-state index contributed by atoms with van der Waals surface area (Å²) in [6.07, 6.45) is 3.84. The summed E-state index contributed by atoms with van der Waals surface area (Å²) in [6, 6.07) is 6.00. The minimum Gasteiger partial charge on any atom is -0.295 e. The third kappa shape index (κ3) is 2.15. The zero-order chi connectivity index (χ0) is 11.7. The molecule has 0 saturated carbocycles. The number of thioether (sulfide) groups is 1. The Morgan fingerprint density at radius 1 is 1.41 bits per heavy atom. The molecule has 7 heteroatoms. The lowest BCUT2D eigenvalue weighted by Gasteiger charge is -1.99. The molecule has 0 spiro atoms. The number of fused-ring (bicyclic) bond motifs is 1. The molecule has 0 N–H and O–H groups in total. The molecule has 4 nitrogen and oxygen atoms in total. The fraction of sp³-hybridized carbons (Fsp3) is 0.100. The zero-order valence-corrected chi connectivity index (χ0v) is 11.0. The third-order valence-corrected chi connectivity index (χ3v) is 4.21. The standard InChI is InChI=1S/C10H7ClN4S2/c11-9-8(13-14-17-9)6-16-10-12-5-7-3-1-2-4-15(7)10/h1-5H,6H2. The number of halogens is 1. The molecule has 0 radical (unpaired) electrons. The Morgan fingerprint density at radius 3 is 3.18 bits per heavy atom. The lowest BCUT2D eigenvalue weighted by Crippen LogP contribution is -1.88. The molecule has 0 aliphatic rings. The number of pyridine rings is 1. The second-order valence-corrected chi connectivity index (χ2v) is 5.62. The van der Waals surface area contributed by atoms with Gasteiger partial charge in [-0.05, 0) is 12.1 Å². The first-order valence-electron chi connectivity index (χ1n) is 4.86. The minimum absolute atomic E-state index is 0.651. The molecule has 0 atom stereocenters. The van der Waals surface area contributed by atoms with Gasteiger partial charge in [0.1, 0.15) is 10.0 Å². The monoisotopic (exact) mass is 282 g/mol. The van der Waals surface area contributed by atoms with E-state index in [-0.39, 0.29) is 0 Å². The Kier molecular flexibility index (Phi) is 3.00. The summed E-state index contributed by atoms with van der Waals surface area (Å²) >= 11 is 8.76. The maximum absolute atomic E-state index is 5.95. The van der Waals surface area contributed by atoms with E-state index in [1.165, 1.54) is 11.5 Å². The summed E-state index contributed by atoms with van der Waals surface area (Å²) in [7, 11) is 0. The van der Waals surface area contributed by atoms with Crippen molar-refractivity contribution in [1.29, 1.82) is 0 Å². The van der Waals surface area contributed by atoms with Gasteiger partial charge in [-0.2, -0.15) is 0 Å². The van der Waals surface area contributed by atoms with Crippen LogP contribution in [-0.4, -0.2) is 19.0 Å². The Labute approximate surface area is 111 Å². The number of aromatic nitrogens is 4. The maximum atomic E-state index is 5.95. The van der Waals surface area contributed by atoms with Crippen molar-refractivity contribution in [3.8, 4) is 0 Å². The van der Waals surface area contributed by atoms with Crippen LogP contribution in [0.5, 0.6) is 0 Å². The van der Waals surface area contributed by atoms with Gasteiger partial charge in [-0.25, -0.2) is 4.98 Å². The molecule has 0 aliphatic heterocycles. The summed E-state index contributed by atoms with van der Waals surface area (Å²) in [4.78, 5) is 4.36. The first-order chi connectivity index (χ1) is 8.34. The lowest BCUT2D eigenvalue weighted by atomic mass is 10.4. The molecule has 3 heterocycles. The molecule has 0 unspecified atom stereocenters. The summed E-state index contributed by atoms with van der Waals surface area (Å²) in [6.45, 7) is 0. The fourth-order valence-corrected chi connectivity index (χ4v) is 3.14. The van der Waals surface area contributed by atoms with E-state index >= 15 is 0 Å². The van der Waals surface area contributed by atoms with Crippen LogP contribution < -0.4 is 0 Å². The van der Waals surface area contributed by atoms with Gasteiger partial charge in [-0.1, -0.05) is 33.9 Å². The van der Waals surface area contributed by atoms with Gasteiger partial charge in [-0.15, -0.1) is 5.10 Å². The van der Waals surface area contributed by atoms with Crippen LogP contribution in [0.2, 0.25) is 4.34 Å². The summed E-state index contributed by atoms with van der Waals surface area (Å²) in [5.74, 6) is 0.684. The average molecular weight is 283 g/mol. The van der Waals surface area contributed by atoms with Crippen LogP contribution in [0.1, 0.15) is 5.69 Å². The molecule has 3 aromatic heterocycles. The van der Waals surface area contributed by atoms with Crippen LogP contribution in [0.3, 0.4) is 0 Å². The predicted octanol–water partition coefficient (Wildman–Crippen LogP) is 3.13. The van der Waals surface area contributed by atoms with Crippen LogP contribution in [0.15, 0.2) is 35.7 Å². The molecule has 17 heavy (non-hydrogen) atoms. The van der Waals surface area contributed by atoms with Gasteiger partial charge in [-0.3, -0.25) is 4.40 Å². The van der Waals surface area contributed by atoms with Gasteiger partial charge in [0.2, 0.25) is 0 Å². The van der Waals surface area contributed by atoms with Gasteiger partial charge in [0, 0.05) is 23.5 Å². The van der Waals surface area contributed by atoms with Crippen molar-refractivity contribution >= 4 is 40.4 Å². The predicted molar refractivity (Wildman–Crippen MR) is 69.7 cm³/mol. The molecular weight excluding hydrogens is 276 g/mol. The molecule has 0 saturated heterocycles. The van der Waals surface area contributed by atoms with E-state index in [1.54, 1.807) is 11.8 Å². The Bertz CT molecular complexity index is 648. The lowest BCUT2D eigenvalue weighted by molar-refractivity contribution is 0.954. The van der Waals surface area contributed by atoms with Gasteiger partial charge in [0.25, 0.3) is 0 Å². The molecule has 3 aromatic rings. The molecule has 86 valence electrons. The highest BCUT2D eigenvalue weighted by atomic mass is 35.5. The largest absolute Gasteiger partial charge is 0.295 e. The Morgan fingerprint density at radius 2 is 2.35 bits per heavy atom. The van der Waals surface area contributed by atoms with Crippen molar-refractivity contribution in [2.24, 2.45) is 0 Å². The van der Waals surface area contributed by atoms with Crippen molar-refractivity contribution in [3.05, 3.63) is 40.6 Å². The molecule has 0 aromatic carbocycles. The fourth-order valence-electron chi connectivity index (χ4n) is 1.44. The number of hydrogen-bond donors (Lipinski definition) is 0. The van der Waals surface area contributed by atoms with Crippen LogP contribution in [0.4, 0.5) is 0 Å². The van der Waals surface area contributed by atoms with E-state index in [4.69, 9.17) is 11.6 Å². The number of imidazole rings is 1. The normalized spacial score (nSPS) is 11.1. The smallest absolute Gasteiger partial charge is 0.172 e. The highest BCUT2D eigenvalue weighted by molar-refractivity contribution is 7.98. The van der Waals surface area contributed by atoms with Crippen molar-refractivity contribution in [2.75, 3.05) is 0 Å². The third-order valence-electron chi connectivity index (χ3n) is 2.25. The van der Waals surface area contributed by atoms with E-state index in [9.17, 15) is 0 Å². The molecule has 0 amide bonds. The Balaban J connectivity index is 1.84. The van der Waals surface area contributed by atoms with Crippen molar-refractivity contribution in [1.82, 2.24) is 19.0 Å². The second-order valence-electron chi connectivity index (χ2n) is 3.32. The molecule has 3 rings (SSSR count). The van der Waals surface area contributed by atoms with E-state index in [1.807, 2.05) is 35.0 Å². The molecule has 0 fully saturated rings. The quantitative estimate of drug-likeness (QED) is 0.692. The topological polar surface area (TPSA) is 43.1 Å². The van der Waals surface area contributed by atoms with Crippen LogP contribution in [0, 0.1) is 0 Å². The second kappa shape index (κ2) is 4.64. The van der Waals surface area contributed by atoms with Crippen molar-refractivity contribution < 1.29 is 0 Å². The van der Waals surface area contributed by atoms with Gasteiger partial charge in [0.05, 0.1) is 11.7 Å². The van der Waals surface area contributed by atoms with E-state index < -0.39 is 0 Å². The van der Waals surface area contributed by atoms with Gasteiger partial charge < -0.3 is 0 Å². The van der Waals surface area contributed by atoms with Gasteiger partial charge in [0.15, 0.2) is 5.16 Å². The van der Waals surface area contributed by atoms with Crippen LogP contribution in [0.25, 0.3) is 5.52 Å². The van der Waals surface area contributed by atoms with Crippen LogP contribution >= 0.6 is 34.9 Å². The minimum atomic E-state index is 0.651. The van der Waals surface area contributed by atoms with E-state index in [2.05, 4.69) is 14.6 Å². The Hall–Kier alpha value is -1.11. The van der Waals surface area contributed by atoms with E-state index in [0.717, 1.165) is 16.4 Å². The van der Waals surface area contributed by atoms with Gasteiger partial charge >= 0.3 is 0 Å². The summed E-state index contributed by atoms with van der Waals surface area (Å²) in [5, 5.41) is 4.91. The SMILES string of the molecule is Clc1snnc1CSc1ncc2ccccn12. The summed E-state index contributed by atoms with van der Waals surface area (Å²) < 4.78 is 6.49. The maximum Gasteiger partial charge on any atom is 0.172 e. The van der Waals surface area contributed by atoms with Crippen LogP contribution in [-0.2, 0) is 5.75 Å². The first kappa shape index (κ1) is 11.0. The molecular formula is C10H7ClN4S2. The number of nitrogens with zero attached hydrogens (tertiary/aromatic N) is 4. The number of hydrogen-bond acceptors (Lipinski definition) is 5. The molecule has 0 bridgehead atoms. The highest BCUT2D eigenvalue weighted by Crippen LogP contribution is 2.26. The first-order valence-corrected chi connectivity index (χ1v) is 7.00.